The molecule has 4 aromatic carbocycles. The summed E-state index contributed by atoms with van der Waals surface area (Å²) in [6, 6.07) is 35.7. The minimum atomic E-state index is -4.55. The summed E-state index contributed by atoms with van der Waals surface area (Å²) < 4.78 is 33.8. The van der Waals surface area contributed by atoms with Crippen molar-refractivity contribution in [1.29, 1.82) is 0 Å². The Labute approximate surface area is 261 Å². The maximum atomic E-state index is 11.3. The van der Waals surface area contributed by atoms with E-state index in [1.807, 2.05) is 41.5 Å². The molecule has 0 unspecified atom stereocenters. The van der Waals surface area contributed by atoms with Gasteiger partial charge in [0, 0.05) is 16.5 Å². The Morgan fingerprint density at radius 1 is 0.690 bits per heavy atom. The second-order valence-electron chi connectivity index (χ2n) is 12.4. The number of alkyl halides is 1. The molecule has 224 valence electrons. The highest BCUT2D eigenvalue weighted by Gasteiger charge is 2.44. The number of phenols is 1. The van der Waals surface area contributed by atoms with Crippen molar-refractivity contribution in [2.45, 2.75) is 63.7 Å². The monoisotopic (exact) mass is 668 g/mol. The van der Waals surface area contributed by atoms with Gasteiger partial charge in [0.25, 0.3) is 0 Å². The van der Waals surface area contributed by atoms with Crippen molar-refractivity contribution < 1.29 is 18.1 Å². The lowest BCUT2D eigenvalue weighted by atomic mass is 9.79. The van der Waals surface area contributed by atoms with E-state index in [0.717, 1.165) is 5.33 Å². The lowest BCUT2D eigenvalue weighted by Gasteiger charge is -2.28. The molecule has 4 nitrogen and oxygen atoms in total. The molecule has 0 aliphatic heterocycles. The quantitative estimate of drug-likeness (QED) is 0.125. The van der Waals surface area contributed by atoms with Gasteiger partial charge in [0.15, 0.2) is 0 Å². The number of hydrogen-bond donors (Lipinski definition) is 1. The van der Waals surface area contributed by atoms with Gasteiger partial charge in [-0.3, -0.25) is 0 Å². The highest BCUT2D eigenvalue weighted by molar-refractivity contribution is 9.09. The first-order chi connectivity index (χ1) is 19.6. The predicted octanol–water partition coefficient (Wildman–Crippen LogP) is 7.66. The Bertz CT molecular complexity index is 1410. The number of aromatic hydroxyl groups is 1. The molecule has 0 aliphatic rings. The second kappa shape index (κ2) is 13.9. The SMILES string of the molecule is BrCCC[P+](c1ccccc1)(c1ccccc1)c1ccccc1.CC(C)(C)c1cc(S(=O)(=O)[O-])cc(C(C)(C)C)c1O. The van der Waals surface area contributed by atoms with Crippen molar-refractivity contribution in [3.8, 4) is 5.75 Å². The van der Waals surface area contributed by atoms with Gasteiger partial charge in [-0.25, -0.2) is 8.42 Å². The molecule has 42 heavy (non-hydrogen) atoms. The summed E-state index contributed by atoms with van der Waals surface area (Å²) in [4.78, 5) is -0.292. The predicted molar refractivity (Wildman–Crippen MR) is 182 cm³/mol. The van der Waals surface area contributed by atoms with Gasteiger partial charge in [-0.05, 0) is 65.8 Å². The molecule has 0 radical (unpaired) electrons. The van der Waals surface area contributed by atoms with E-state index < -0.39 is 28.2 Å². The van der Waals surface area contributed by atoms with E-state index in [-0.39, 0.29) is 10.6 Å². The molecule has 4 aromatic rings. The lowest BCUT2D eigenvalue weighted by Crippen LogP contribution is -2.33. The third-order valence-corrected chi connectivity index (χ3v) is 13.1. The topological polar surface area (TPSA) is 77.4 Å². The summed E-state index contributed by atoms with van der Waals surface area (Å²) in [6.07, 6.45) is 2.36. The van der Waals surface area contributed by atoms with Crippen LogP contribution in [0.1, 0.15) is 59.1 Å². The van der Waals surface area contributed by atoms with Gasteiger partial charge in [0.2, 0.25) is 0 Å². The number of halogens is 1. The van der Waals surface area contributed by atoms with Crippen molar-refractivity contribution in [3.63, 3.8) is 0 Å². The number of benzene rings is 4. The van der Waals surface area contributed by atoms with Gasteiger partial charge in [-0.15, -0.1) is 0 Å². The zero-order valence-electron chi connectivity index (χ0n) is 25.3. The van der Waals surface area contributed by atoms with Crippen LogP contribution in [0.2, 0.25) is 0 Å². The minimum Gasteiger partial charge on any atom is -0.744 e. The summed E-state index contributed by atoms with van der Waals surface area (Å²) >= 11 is 3.64. The summed E-state index contributed by atoms with van der Waals surface area (Å²) in [5, 5.41) is 15.8. The molecule has 0 aromatic heterocycles. The van der Waals surface area contributed by atoms with Crippen LogP contribution in [0.4, 0.5) is 0 Å². The summed E-state index contributed by atoms with van der Waals surface area (Å²) in [5.41, 5.74) is 0.0268. The average molecular weight is 670 g/mol. The van der Waals surface area contributed by atoms with Crippen LogP contribution in [0.25, 0.3) is 0 Å². The first-order valence-corrected chi connectivity index (χ1v) is 18.6. The molecule has 0 fully saturated rings. The molecule has 0 amide bonds. The van der Waals surface area contributed by atoms with E-state index in [1.54, 1.807) is 0 Å². The number of phenolic OH excluding ortho intramolecular Hbond substituents is 1. The van der Waals surface area contributed by atoms with Crippen LogP contribution in [0.5, 0.6) is 5.75 Å². The van der Waals surface area contributed by atoms with E-state index in [0.29, 0.717) is 11.1 Å². The lowest BCUT2D eigenvalue weighted by molar-refractivity contribution is 0.420. The molecule has 1 N–H and O–H groups in total. The largest absolute Gasteiger partial charge is 0.744 e. The van der Waals surface area contributed by atoms with Crippen molar-refractivity contribution in [2.24, 2.45) is 0 Å². The molecule has 7 heteroatoms. The van der Waals surface area contributed by atoms with Crippen LogP contribution in [-0.4, -0.2) is 29.6 Å². The van der Waals surface area contributed by atoms with Crippen LogP contribution in [0, 0.1) is 0 Å². The Morgan fingerprint density at radius 3 is 1.29 bits per heavy atom. The average Bonchev–Trinajstić information content (AvgIpc) is 2.94. The fourth-order valence-corrected chi connectivity index (χ4v) is 10.7. The maximum absolute atomic E-state index is 11.3. The molecular formula is C35H42BrO4PS. The molecule has 4 rings (SSSR count). The van der Waals surface area contributed by atoms with Crippen LogP contribution >= 0.6 is 23.2 Å². The standard InChI is InChI=1S/C21H21BrP.C14H22O4S/c22-17-10-18-23(19-11-4-1-5-12-19,20-13-6-2-7-14-20)21-15-8-3-9-16-21;1-13(2,3)10-7-9(19(16,17)18)8-11(12(10)15)14(4,5)6/h1-9,11-16H,10,17-18H2;7-8,15H,1-6H3,(H,16,17,18)/q+1;/p-1. The molecule has 0 spiro atoms. The Hall–Kier alpha value is -2.50. The van der Waals surface area contributed by atoms with Gasteiger partial charge in [-0.2, -0.15) is 0 Å². The third-order valence-electron chi connectivity index (χ3n) is 7.21. The van der Waals surface area contributed by atoms with Crippen LogP contribution in [0.3, 0.4) is 0 Å². The summed E-state index contributed by atoms with van der Waals surface area (Å²) in [7, 11) is -6.15. The first kappa shape index (κ1) is 34.0. The van der Waals surface area contributed by atoms with E-state index >= 15 is 0 Å². The Balaban J connectivity index is 0.000000236. The van der Waals surface area contributed by atoms with Crippen molar-refractivity contribution >= 4 is 49.2 Å². The van der Waals surface area contributed by atoms with Crippen LogP contribution < -0.4 is 15.9 Å². The third kappa shape index (κ3) is 8.11. The Kier molecular flexibility index (Phi) is 11.2. The van der Waals surface area contributed by atoms with E-state index in [9.17, 15) is 18.1 Å². The fraction of sp³-hybridized carbons (Fsp3) is 0.314. The van der Waals surface area contributed by atoms with E-state index in [1.165, 1.54) is 40.6 Å². The van der Waals surface area contributed by atoms with Crippen LogP contribution in [-0.2, 0) is 20.9 Å². The molecule has 0 saturated heterocycles. The van der Waals surface area contributed by atoms with Gasteiger partial charge in [0.05, 0.1) is 11.1 Å². The molecule has 0 saturated carbocycles. The van der Waals surface area contributed by atoms with Gasteiger partial charge in [-0.1, -0.05) is 112 Å². The van der Waals surface area contributed by atoms with Gasteiger partial charge >= 0.3 is 0 Å². The maximum Gasteiger partial charge on any atom is 0.124 e. The first-order valence-electron chi connectivity index (χ1n) is 14.1. The Morgan fingerprint density at radius 2 is 1.02 bits per heavy atom. The summed E-state index contributed by atoms with van der Waals surface area (Å²) in [5.74, 6) is 0.0624. The van der Waals surface area contributed by atoms with Crippen molar-refractivity contribution in [3.05, 3.63) is 114 Å². The van der Waals surface area contributed by atoms with Crippen molar-refractivity contribution in [1.82, 2.24) is 0 Å². The highest BCUT2D eigenvalue weighted by Crippen LogP contribution is 2.55. The molecule has 0 aliphatic carbocycles. The molecular weight excluding hydrogens is 627 g/mol. The van der Waals surface area contributed by atoms with Crippen LogP contribution in [0.15, 0.2) is 108 Å². The molecule has 0 heterocycles. The normalized spacial score (nSPS) is 12.4. The van der Waals surface area contributed by atoms with E-state index in [2.05, 4.69) is 107 Å². The fourth-order valence-electron chi connectivity index (χ4n) is 5.07. The minimum absolute atomic E-state index is 0.0624. The molecule has 0 bridgehead atoms. The molecule has 0 atom stereocenters. The van der Waals surface area contributed by atoms with Gasteiger partial charge in [0.1, 0.15) is 39.0 Å². The number of rotatable bonds is 7. The number of hydrogen-bond acceptors (Lipinski definition) is 4. The zero-order chi connectivity index (χ0) is 31.2. The van der Waals surface area contributed by atoms with Gasteiger partial charge < -0.3 is 9.66 Å². The summed E-state index contributed by atoms with van der Waals surface area (Å²) in [6.45, 7) is 11.1. The zero-order valence-corrected chi connectivity index (χ0v) is 28.6. The van der Waals surface area contributed by atoms with Crippen molar-refractivity contribution in [2.75, 3.05) is 11.5 Å². The highest BCUT2D eigenvalue weighted by atomic mass is 79.9. The second-order valence-corrected chi connectivity index (χ2v) is 18.2. The van der Waals surface area contributed by atoms with E-state index in [4.69, 9.17) is 0 Å². The smallest absolute Gasteiger partial charge is 0.124 e.